The number of hydrogen-bond donors (Lipinski definition) is 0. The molecule has 0 spiro atoms. The minimum absolute atomic E-state index is 0.0496. The maximum absolute atomic E-state index is 14.5. The molecule has 3 nitrogen and oxygen atoms in total. The van der Waals surface area contributed by atoms with Gasteiger partial charge in [-0.3, -0.25) is 14.7 Å². The van der Waals surface area contributed by atoms with Crippen LogP contribution in [-0.2, 0) is 4.79 Å². The van der Waals surface area contributed by atoms with Crippen molar-refractivity contribution < 1.29 is 13.6 Å². The number of carbonyl (C=O) groups excluding carboxylic acids is 1. The van der Waals surface area contributed by atoms with Crippen LogP contribution in [0.25, 0.3) is 0 Å². The molecule has 2 aromatic rings. The van der Waals surface area contributed by atoms with E-state index >= 15 is 0 Å². The highest BCUT2D eigenvalue weighted by atomic mass is 127. The first-order chi connectivity index (χ1) is 12.1. The van der Waals surface area contributed by atoms with Gasteiger partial charge < -0.3 is 0 Å². The summed E-state index contributed by atoms with van der Waals surface area (Å²) in [5.41, 5.74) is 1.33. The molecule has 0 aliphatic carbocycles. The molecule has 1 amide bonds. The molecule has 136 valence electrons. The summed E-state index contributed by atoms with van der Waals surface area (Å²) >= 11 is 12.9. The van der Waals surface area contributed by atoms with E-state index in [2.05, 4.69) is 72.8 Å². The quantitative estimate of drug-likeness (QED) is 0.213. The summed E-state index contributed by atoms with van der Waals surface area (Å²) in [6.45, 7) is 1.56. The highest BCUT2D eigenvalue weighted by Crippen LogP contribution is 2.46. The summed E-state index contributed by atoms with van der Waals surface area (Å²) in [6, 6.07) is 7.12. The number of benzene rings is 2. The number of fused-ring (bicyclic) bond motifs is 1. The van der Waals surface area contributed by atoms with Gasteiger partial charge in [0.1, 0.15) is 18.2 Å². The molecule has 0 saturated heterocycles. The van der Waals surface area contributed by atoms with Crippen molar-refractivity contribution in [1.82, 2.24) is 0 Å². The fraction of sp³-hybridized carbons (Fsp3) is 0.176. The van der Waals surface area contributed by atoms with E-state index in [1.165, 1.54) is 6.07 Å². The molecule has 0 fully saturated rings. The van der Waals surface area contributed by atoms with Crippen LogP contribution < -0.4 is 4.90 Å². The lowest BCUT2D eigenvalue weighted by atomic mass is 9.97. The predicted octanol–water partition coefficient (Wildman–Crippen LogP) is 6.03. The summed E-state index contributed by atoms with van der Waals surface area (Å²) in [5.74, 6) is -1.79. The van der Waals surface area contributed by atoms with E-state index in [4.69, 9.17) is 11.6 Å². The van der Waals surface area contributed by atoms with Crippen molar-refractivity contribution in [1.29, 1.82) is 0 Å². The number of hydrogen-bond acceptors (Lipinski definition) is 2. The van der Waals surface area contributed by atoms with Crippen molar-refractivity contribution in [2.24, 2.45) is 4.99 Å². The van der Waals surface area contributed by atoms with E-state index in [1.807, 2.05) is 0 Å². The van der Waals surface area contributed by atoms with Crippen molar-refractivity contribution in [2.45, 2.75) is 6.48 Å². The standard InChI is InChI=1S/C17H10ClF2I3N2O/c1-8-5-6-11-14(15(8)18)16(13-9(19)3-2-4-10(13)20)24-7-12(26)25(11)17(21,22)23/h2-6H,7H2,1H3. The van der Waals surface area contributed by atoms with Crippen LogP contribution in [0, 0.1) is 18.6 Å². The molecule has 26 heavy (non-hydrogen) atoms. The first kappa shape index (κ1) is 20.6. The number of anilines is 1. The number of carbonyl (C=O) groups is 1. The Morgan fingerprint density at radius 3 is 2.31 bits per heavy atom. The second-order valence-electron chi connectivity index (χ2n) is 5.55. The summed E-state index contributed by atoms with van der Waals surface area (Å²) in [5, 5.41) is 0.317. The Morgan fingerprint density at radius 2 is 1.73 bits per heavy atom. The van der Waals surface area contributed by atoms with Gasteiger partial charge in [0.15, 0.2) is 0 Å². The van der Waals surface area contributed by atoms with E-state index in [0.717, 1.165) is 17.7 Å². The van der Waals surface area contributed by atoms with Gasteiger partial charge in [-0.15, -0.1) is 0 Å². The van der Waals surface area contributed by atoms with Crippen molar-refractivity contribution in [3.05, 3.63) is 63.7 Å². The third kappa shape index (κ3) is 3.75. The summed E-state index contributed by atoms with van der Waals surface area (Å²) in [4.78, 5) is 18.5. The molecule has 3 rings (SSSR count). The maximum atomic E-state index is 14.5. The van der Waals surface area contributed by atoms with E-state index < -0.39 is 11.2 Å². The normalized spacial score (nSPS) is 14.8. The van der Waals surface area contributed by atoms with Gasteiger partial charge in [0.25, 0.3) is 5.91 Å². The van der Waals surface area contributed by atoms with Gasteiger partial charge in [-0.2, -0.15) is 0 Å². The monoisotopic (exact) mass is 712 g/mol. The molecule has 1 aliphatic heterocycles. The van der Waals surface area contributed by atoms with Gasteiger partial charge in [-0.25, -0.2) is 8.78 Å². The SMILES string of the molecule is Cc1ccc2c(c1Cl)C(c1c(F)cccc1F)=NCC(=O)N2C(I)(I)I. The Hall–Kier alpha value is -0.0800. The number of benzodiazepines with no additional fused rings is 1. The smallest absolute Gasteiger partial charge is 0.251 e. The molecule has 0 unspecified atom stereocenters. The zero-order valence-corrected chi connectivity index (χ0v) is 20.4. The molecule has 0 saturated carbocycles. The number of nitrogens with zero attached hydrogens (tertiary/aromatic N) is 2. The summed E-state index contributed by atoms with van der Waals surface area (Å²) < 4.78 is 28.3. The van der Waals surface area contributed by atoms with Crippen molar-refractivity contribution in [2.75, 3.05) is 11.4 Å². The summed E-state index contributed by atoms with van der Waals surface area (Å²) in [7, 11) is 0. The van der Waals surface area contributed by atoms with Crippen LogP contribution >= 0.6 is 79.4 Å². The Kier molecular flexibility index (Phi) is 6.15. The third-order valence-electron chi connectivity index (χ3n) is 3.87. The highest BCUT2D eigenvalue weighted by Gasteiger charge is 2.38. The first-order valence-corrected chi connectivity index (χ1v) is 10.9. The molecular weight excluding hydrogens is 702 g/mol. The minimum atomic E-state index is -0.752. The van der Waals surface area contributed by atoms with Gasteiger partial charge in [-0.1, -0.05) is 23.7 Å². The van der Waals surface area contributed by atoms with Crippen LogP contribution in [0.15, 0.2) is 35.3 Å². The molecule has 0 N–H and O–H groups in total. The van der Waals surface area contributed by atoms with Crippen molar-refractivity contribution >= 4 is 96.7 Å². The molecular formula is C17H10ClF2I3N2O. The first-order valence-electron chi connectivity index (χ1n) is 7.31. The third-order valence-corrected chi connectivity index (χ3v) is 5.80. The van der Waals surface area contributed by atoms with E-state index in [-0.39, 0.29) is 23.7 Å². The number of aryl methyl sites for hydroxylation is 1. The average molecular weight is 712 g/mol. The number of alkyl halides is 3. The largest absolute Gasteiger partial charge is 0.277 e. The van der Waals surface area contributed by atoms with Crippen LogP contribution in [0.4, 0.5) is 14.5 Å². The van der Waals surface area contributed by atoms with Gasteiger partial charge >= 0.3 is 0 Å². The maximum Gasteiger partial charge on any atom is 0.251 e. The lowest BCUT2D eigenvalue weighted by Crippen LogP contribution is -2.40. The molecule has 9 heteroatoms. The Bertz CT molecular complexity index is 924. The van der Waals surface area contributed by atoms with Crippen LogP contribution in [0.2, 0.25) is 5.02 Å². The Labute approximate surface area is 195 Å². The van der Waals surface area contributed by atoms with Crippen LogP contribution in [-0.4, -0.2) is 17.7 Å². The number of halogens is 6. The fourth-order valence-electron chi connectivity index (χ4n) is 2.72. The lowest BCUT2D eigenvalue weighted by Gasteiger charge is -2.31. The zero-order chi connectivity index (χ0) is 19.2. The second kappa shape index (κ2) is 7.74. The van der Waals surface area contributed by atoms with Crippen LogP contribution in [0.3, 0.4) is 0 Å². The topological polar surface area (TPSA) is 32.7 Å². The number of rotatable bonds is 2. The van der Waals surface area contributed by atoms with Gasteiger partial charge in [0.05, 0.1) is 22.0 Å². The molecule has 0 radical (unpaired) electrons. The second-order valence-corrected chi connectivity index (χ2v) is 16.8. The molecule has 2 aromatic carbocycles. The molecule has 0 atom stereocenters. The van der Waals surface area contributed by atoms with Crippen molar-refractivity contribution in [3.63, 3.8) is 0 Å². The fourth-order valence-corrected chi connectivity index (χ4v) is 4.55. The summed E-state index contributed by atoms with van der Waals surface area (Å²) in [6.07, 6.45) is 0. The molecule has 0 bridgehead atoms. The zero-order valence-electron chi connectivity index (χ0n) is 13.2. The predicted molar refractivity (Wildman–Crippen MR) is 125 cm³/mol. The Morgan fingerprint density at radius 1 is 1.12 bits per heavy atom. The van der Waals surface area contributed by atoms with Gasteiger partial charge in [0, 0.05) is 5.56 Å². The van der Waals surface area contributed by atoms with Gasteiger partial charge in [-0.05, 0) is 98.5 Å². The van der Waals surface area contributed by atoms with Crippen molar-refractivity contribution in [3.8, 4) is 0 Å². The van der Waals surface area contributed by atoms with Crippen LogP contribution in [0.1, 0.15) is 16.7 Å². The average Bonchev–Trinajstić information content (AvgIpc) is 2.68. The molecule has 0 aromatic heterocycles. The molecule has 1 aliphatic rings. The van der Waals surface area contributed by atoms with E-state index in [0.29, 0.717) is 16.3 Å². The van der Waals surface area contributed by atoms with Crippen LogP contribution in [0.5, 0.6) is 0 Å². The van der Waals surface area contributed by atoms with E-state index in [9.17, 15) is 13.6 Å². The lowest BCUT2D eigenvalue weighted by molar-refractivity contribution is -0.117. The number of amides is 1. The number of aliphatic imine (C=N–C) groups is 1. The molecule has 1 heterocycles. The van der Waals surface area contributed by atoms with E-state index in [1.54, 1.807) is 24.0 Å². The minimum Gasteiger partial charge on any atom is -0.277 e. The highest BCUT2D eigenvalue weighted by molar-refractivity contribution is 14.3. The Balaban J connectivity index is 2.39. The van der Waals surface area contributed by atoms with Gasteiger partial charge in [0.2, 0.25) is -0.441 Å².